The number of amides is 2. The van der Waals surface area contributed by atoms with Gasteiger partial charge in [-0.1, -0.05) is 53.3 Å². The third-order valence-electron chi connectivity index (χ3n) is 12.9. The van der Waals surface area contributed by atoms with Crippen LogP contribution in [0.4, 0.5) is 0 Å². The SMILES string of the molecule is C.C#C[C@]1(O)CCN(C)C1=O.CCOC(=O)c1nn(-c2cccc(Br)c2)c2c1C(n1cccn1)CCC2.CCOC(=O)c1nn(-c2cccc(C#C[C@]3(O)CCN(C)C3=O)c2)c2c1C(n1cccn1)CCC2. The summed E-state index contributed by atoms with van der Waals surface area (Å²) in [6.07, 6.45) is 18.3. The molecule has 6 heterocycles. The molecular weight excluding hydrogens is 985 g/mol. The Kier molecular flexibility index (Phi) is 16.3. The average Bonchev–Trinajstić information content (AvgIpc) is 4.27. The summed E-state index contributed by atoms with van der Waals surface area (Å²) >= 11 is 3.51. The van der Waals surface area contributed by atoms with Gasteiger partial charge in [0.15, 0.2) is 11.4 Å². The number of hydrogen-bond acceptors (Lipinski definition) is 12. The van der Waals surface area contributed by atoms with Crippen LogP contribution in [-0.4, -0.2) is 134 Å². The molecule has 0 radical (unpaired) electrons. The van der Waals surface area contributed by atoms with Crippen LogP contribution in [0.2, 0.25) is 0 Å². The monoisotopic (exact) mass is 1040 g/mol. The quantitative estimate of drug-likeness (QED) is 0.135. The first-order valence-electron chi connectivity index (χ1n) is 23.6. The van der Waals surface area contributed by atoms with Crippen molar-refractivity contribution in [2.75, 3.05) is 40.4 Å². The van der Waals surface area contributed by atoms with E-state index in [-0.39, 0.29) is 50.3 Å². The lowest BCUT2D eigenvalue weighted by molar-refractivity contribution is -0.138. The zero-order chi connectivity index (χ0) is 50.5. The Hall–Kier alpha value is -7.32. The third kappa shape index (κ3) is 10.6. The van der Waals surface area contributed by atoms with Gasteiger partial charge >= 0.3 is 11.9 Å². The molecule has 10 rings (SSSR count). The van der Waals surface area contributed by atoms with Gasteiger partial charge < -0.3 is 29.5 Å². The minimum absolute atomic E-state index is 0. The van der Waals surface area contributed by atoms with E-state index in [1.807, 2.05) is 87.1 Å². The van der Waals surface area contributed by atoms with Gasteiger partial charge in [0.2, 0.25) is 11.2 Å². The van der Waals surface area contributed by atoms with E-state index < -0.39 is 17.2 Å². The van der Waals surface area contributed by atoms with Crippen molar-refractivity contribution in [2.45, 2.75) is 95.9 Å². The number of fused-ring (bicyclic) bond motifs is 2. The second-order valence-corrected chi connectivity index (χ2v) is 18.5. The van der Waals surface area contributed by atoms with E-state index in [4.69, 9.17) is 21.0 Å². The largest absolute Gasteiger partial charge is 0.461 e. The van der Waals surface area contributed by atoms with Crippen LogP contribution in [0.5, 0.6) is 0 Å². The maximum absolute atomic E-state index is 12.9. The standard InChI is InChI=1S/C26H27N5O4.C19H19BrN4O2.C7H9NO2.CH4/c1-3-35-24(32)23-22-20(30-15-6-14-27-30)9-5-10-21(22)31(28-23)19-8-4-7-18(17-19)11-12-26(34)13-16-29(2)25(26)33;1-2-26-19(25)18-17-15(23-11-5-10-21-23)8-4-9-16(17)24(22-18)14-7-3-6-13(20)12-14;1-3-7(10)4-5-8(2)6(7)9;/h4,6-8,14-15,17,20,34H,3,5,9-10,13,16H2,1-2H3;3,5-7,10-12,15H,2,4,8-9H2,1H3;1,10H,4-5H2,2H3;1H4/t20?,26-;;7-;/m0.0./s1. The number of benzene rings is 2. The first kappa shape index (κ1) is 52.5. The summed E-state index contributed by atoms with van der Waals surface area (Å²) < 4.78 is 19.0. The Bertz CT molecular complexity index is 3040. The predicted octanol–water partition coefficient (Wildman–Crippen LogP) is 5.90. The van der Waals surface area contributed by atoms with E-state index in [0.717, 1.165) is 76.9 Å². The third-order valence-corrected chi connectivity index (χ3v) is 13.4. The van der Waals surface area contributed by atoms with Gasteiger partial charge in [-0.15, -0.1) is 6.42 Å². The fourth-order valence-electron chi connectivity index (χ4n) is 9.37. The number of carbonyl (C=O) groups excluding carboxylic acids is 4. The molecule has 2 N–H and O–H groups in total. The molecule has 4 aliphatic rings. The van der Waals surface area contributed by atoms with Crippen LogP contribution in [0.1, 0.15) is 121 Å². The molecule has 2 fully saturated rings. The Morgan fingerprint density at radius 2 is 1.24 bits per heavy atom. The lowest BCUT2D eigenvalue weighted by atomic mass is 9.90. The average molecular weight is 1040 g/mol. The molecule has 2 aliphatic carbocycles. The lowest BCUT2D eigenvalue weighted by Crippen LogP contribution is -2.37. The highest BCUT2D eigenvalue weighted by molar-refractivity contribution is 9.10. The molecule has 2 saturated heterocycles. The number of halogens is 1. The second-order valence-electron chi connectivity index (χ2n) is 17.6. The van der Waals surface area contributed by atoms with Crippen LogP contribution in [-0.2, 0) is 31.9 Å². The van der Waals surface area contributed by atoms with Gasteiger partial charge in [-0.05, 0) is 101 Å². The summed E-state index contributed by atoms with van der Waals surface area (Å²) in [4.78, 5) is 51.6. The molecule has 4 atom stereocenters. The van der Waals surface area contributed by atoms with Crippen molar-refractivity contribution in [2.24, 2.45) is 0 Å². The number of ether oxygens (including phenoxy) is 2. The van der Waals surface area contributed by atoms with E-state index >= 15 is 0 Å². The van der Waals surface area contributed by atoms with Crippen LogP contribution in [0.15, 0.2) is 89.9 Å². The van der Waals surface area contributed by atoms with Gasteiger partial charge in [0.25, 0.3) is 11.8 Å². The predicted molar refractivity (Wildman–Crippen MR) is 270 cm³/mol. The second kappa shape index (κ2) is 22.4. The number of aliphatic hydroxyl groups is 2. The van der Waals surface area contributed by atoms with Gasteiger partial charge in [0.1, 0.15) is 0 Å². The molecule has 72 heavy (non-hydrogen) atoms. The molecule has 2 unspecified atom stereocenters. The zero-order valence-electron chi connectivity index (χ0n) is 40.0. The van der Waals surface area contributed by atoms with Crippen molar-refractivity contribution >= 4 is 39.7 Å². The highest BCUT2D eigenvalue weighted by Gasteiger charge is 2.43. The summed E-state index contributed by atoms with van der Waals surface area (Å²) in [5, 5.41) is 38.1. The molecule has 0 spiro atoms. The van der Waals surface area contributed by atoms with Crippen LogP contribution < -0.4 is 0 Å². The van der Waals surface area contributed by atoms with Crippen molar-refractivity contribution in [1.29, 1.82) is 0 Å². The summed E-state index contributed by atoms with van der Waals surface area (Å²) in [6.45, 7) is 5.17. The topological polar surface area (TPSA) is 205 Å². The van der Waals surface area contributed by atoms with Crippen molar-refractivity contribution in [3.05, 3.63) is 129 Å². The molecule has 2 aliphatic heterocycles. The number of aromatic nitrogens is 8. The molecule has 376 valence electrons. The smallest absolute Gasteiger partial charge is 0.359 e. The Labute approximate surface area is 427 Å². The van der Waals surface area contributed by atoms with Gasteiger partial charge in [0.05, 0.1) is 48.1 Å². The fraction of sp³-hybridized carbons (Fsp3) is 0.396. The van der Waals surface area contributed by atoms with E-state index in [0.29, 0.717) is 43.1 Å². The summed E-state index contributed by atoms with van der Waals surface area (Å²) in [7, 11) is 3.28. The van der Waals surface area contributed by atoms with Gasteiger partial charge in [0, 0.05) is 86.0 Å². The van der Waals surface area contributed by atoms with E-state index in [1.54, 1.807) is 45.0 Å². The Morgan fingerprint density at radius 3 is 1.65 bits per heavy atom. The number of likely N-dealkylation sites (tertiary alicyclic amines) is 2. The zero-order valence-corrected chi connectivity index (χ0v) is 41.6. The van der Waals surface area contributed by atoms with Crippen LogP contribution in [0.25, 0.3) is 11.4 Å². The summed E-state index contributed by atoms with van der Waals surface area (Å²) in [5.41, 5.74) is 3.57. The molecule has 19 heteroatoms. The van der Waals surface area contributed by atoms with E-state index in [2.05, 4.69) is 49.0 Å². The number of terminal acetylenes is 1. The van der Waals surface area contributed by atoms with E-state index in [9.17, 15) is 29.4 Å². The van der Waals surface area contributed by atoms with E-state index in [1.165, 1.54) is 9.80 Å². The number of nitrogens with zero attached hydrogens (tertiary/aromatic N) is 10. The number of rotatable bonds is 8. The molecule has 18 nitrogen and oxygen atoms in total. The Balaban J connectivity index is 0.000000180. The first-order valence-corrected chi connectivity index (χ1v) is 24.4. The summed E-state index contributed by atoms with van der Waals surface area (Å²) in [5.74, 6) is 6.22. The molecule has 2 aromatic carbocycles. The molecule has 0 bridgehead atoms. The Morgan fingerprint density at radius 1 is 0.750 bits per heavy atom. The van der Waals surface area contributed by atoms with Crippen LogP contribution >= 0.6 is 15.9 Å². The fourth-order valence-corrected chi connectivity index (χ4v) is 9.76. The lowest BCUT2D eigenvalue weighted by Gasteiger charge is -2.24. The normalized spacial score (nSPS) is 20.8. The maximum Gasteiger partial charge on any atom is 0.359 e. The molecular formula is C53H59BrN10O8. The van der Waals surface area contributed by atoms with Crippen molar-refractivity contribution in [3.63, 3.8) is 0 Å². The number of esters is 2. The molecule has 4 aromatic heterocycles. The summed E-state index contributed by atoms with van der Waals surface area (Å²) in [6, 6.07) is 19.0. The van der Waals surface area contributed by atoms with Crippen LogP contribution in [0.3, 0.4) is 0 Å². The van der Waals surface area contributed by atoms with Crippen molar-refractivity contribution in [3.8, 4) is 35.6 Å². The highest BCUT2D eigenvalue weighted by atomic mass is 79.9. The molecule has 0 saturated carbocycles. The minimum Gasteiger partial charge on any atom is -0.461 e. The molecule has 6 aromatic rings. The van der Waals surface area contributed by atoms with Gasteiger partial charge in [-0.3, -0.25) is 19.0 Å². The highest BCUT2D eigenvalue weighted by Crippen LogP contribution is 2.38. The molecule has 2 amide bonds. The first-order chi connectivity index (χ1) is 34.2. The maximum atomic E-state index is 12.9. The van der Waals surface area contributed by atoms with Gasteiger partial charge in [-0.2, -0.15) is 20.4 Å². The number of carbonyl (C=O) groups is 4. The minimum atomic E-state index is -1.66. The van der Waals surface area contributed by atoms with Crippen molar-refractivity contribution in [1.82, 2.24) is 48.9 Å². The number of likely N-dealkylation sites (N-methyl/N-ethyl adjacent to an activating group) is 2. The van der Waals surface area contributed by atoms with Crippen LogP contribution in [0, 0.1) is 24.2 Å². The number of hydrogen-bond donors (Lipinski definition) is 2. The van der Waals surface area contributed by atoms with Crippen molar-refractivity contribution < 1.29 is 38.9 Å². The van der Waals surface area contributed by atoms with Gasteiger partial charge in [-0.25, -0.2) is 19.0 Å².